The smallest absolute Gasteiger partial charge is 0.330 e. The summed E-state index contributed by atoms with van der Waals surface area (Å²) < 4.78 is 15.1. The molecule has 200 valence electrons. The zero-order valence-electron chi connectivity index (χ0n) is 22.1. The Balaban J connectivity index is 1.38. The van der Waals surface area contributed by atoms with E-state index in [0.717, 1.165) is 23.2 Å². The molecule has 0 radical (unpaired) electrons. The van der Waals surface area contributed by atoms with E-state index in [-0.39, 0.29) is 18.2 Å². The third kappa shape index (κ3) is 4.67. The zero-order chi connectivity index (χ0) is 27.0. The molecular weight excluding hydrogens is 490 g/mol. The van der Waals surface area contributed by atoms with Crippen LogP contribution in [0.4, 0.5) is 0 Å². The predicted molar refractivity (Wildman–Crippen MR) is 150 cm³/mol. The molecule has 2 saturated heterocycles. The highest BCUT2D eigenvalue weighted by atomic mass is 16.6. The number of fused-ring (bicyclic) bond motifs is 1. The Morgan fingerprint density at radius 3 is 1.85 bits per heavy atom. The SMILES string of the molecule is CC(C)CN1[C@@H]2[C@H]1[C@@H](COC(c1ccccc1)(c1ccccc1)c1ccccc1)O[C@H]2n1ccc(=O)[nH]c1=O. The molecule has 5 atom stereocenters. The van der Waals surface area contributed by atoms with Gasteiger partial charge >= 0.3 is 5.69 Å². The van der Waals surface area contributed by atoms with E-state index < -0.39 is 23.1 Å². The van der Waals surface area contributed by atoms with Gasteiger partial charge < -0.3 is 9.47 Å². The van der Waals surface area contributed by atoms with E-state index in [1.165, 1.54) is 16.8 Å². The molecule has 3 heterocycles. The summed E-state index contributed by atoms with van der Waals surface area (Å²) >= 11 is 0. The van der Waals surface area contributed by atoms with Gasteiger partial charge in [0.25, 0.3) is 5.56 Å². The summed E-state index contributed by atoms with van der Waals surface area (Å²) in [5.41, 5.74) is 1.35. The van der Waals surface area contributed by atoms with Crippen LogP contribution in [0.1, 0.15) is 36.8 Å². The standard InChI is InChI=1S/C32H33N3O4/c1-22(2)20-35-28-26(39-30(29(28)35)34-19-18-27(36)33-31(34)37)21-38-32(23-12-6-3-7-13-23,24-14-8-4-9-15-24)25-16-10-5-11-17-25/h3-19,22,26,28-30H,20-21H2,1-2H3,(H,33,36,37)/t26-,28-,29-,30-,35?/m1/s1. The first-order valence-corrected chi connectivity index (χ1v) is 13.5. The van der Waals surface area contributed by atoms with Gasteiger partial charge in [-0.05, 0) is 22.6 Å². The Kier molecular flexibility index (Phi) is 6.81. The third-order valence-corrected chi connectivity index (χ3v) is 7.72. The third-order valence-electron chi connectivity index (χ3n) is 7.72. The zero-order valence-corrected chi connectivity index (χ0v) is 22.1. The number of hydrogen-bond acceptors (Lipinski definition) is 5. The maximum absolute atomic E-state index is 12.7. The van der Waals surface area contributed by atoms with E-state index in [0.29, 0.717) is 12.5 Å². The maximum atomic E-state index is 12.7. The number of H-pyrrole nitrogens is 1. The molecule has 7 nitrogen and oxygen atoms in total. The average Bonchev–Trinajstić information content (AvgIpc) is 3.50. The number of nitrogens with zero attached hydrogens (tertiary/aromatic N) is 2. The number of morpholine rings is 1. The Morgan fingerprint density at radius 1 is 0.821 bits per heavy atom. The van der Waals surface area contributed by atoms with Crippen molar-refractivity contribution in [1.82, 2.24) is 14.5 Å². The van der Waals surface area contributed by atoms with E-state index in [4.69, 9.17) is 9.47 Å². The fraction of sp³-hybridized carbons (Fsp3) is 0.312. The molecule has 3 aromatic carbocycles. The highest BCUT2D eigenvalue weighted by Gasteiger charge is 2.63. The van der Waals surface area contributed by atoms with Crippen molar-refractivity contribution in [1.29, 1.82) is 0 Å². The van der Waals surface area contributed by atoms with Crippen LogP contribution in [0.25, 0.3) is 0 Å². The van der Waals surface area contributed by atoms with Crippen LogP contribution in [0.5, 0.6) is 0 Å². The molecule has 0 amide bonds. The van der Waals surface area contributed by atoms with Crippen LogP contribution in [0.3, 0.4) is 0 Å². The van der Waals surface area contributed by atoms with Gasteiger partial charge in [-0.1, -0.05) is 105 Å². The molecule has 4 aromatic rings. The van der Waals surface area contributed by atoms with Crippen molar-refractivity contribution < 1.29 is 9.47 Å². The molecule has 1 unspecified atom stereocenters. The van der Waals surface area contributed by atoms with Crippen molar-refractivity contribution in [3.63, 3.8) is 0 Å². The number of hydrogen-bond donors (Lipinski definition) is 1. The van der Waals surface area contributed by atoms with Crippen LogP contribution >= 0.6 is 0 Å². The first-order chi connectivity index (χ1) is 19.0. The summed E-state index contributed by atoms with van der Waals surface area (Å²) in [6, 6.07) is 32.4. The largest absolute Gasteiger partial charge is 0.358 e. The molecule has 2 aliphatic rings. The van der Waals surface area contributed by atoms with Crippen LogP contribution in [-0.4, -0.2) is 45.8 Å². The summed E-state index contributed by atoms with van der Waals surface area (Å²) in [4.78, 5) is 29.1. The number of rotatable bonds is 9. The summed E-state index contributed by atoms with van der Waals surface area (Å²) in [7, 11) is 0. The minimum atomic E-state index is -0.854. The highest BCUT2D eigenvalue weighted by Crippen LogP contribution is 2.49. The molecule has 0 spiro atoms. The average molecular weight is 524 g/mol. The lowest BCUT2D eigenvalue weighted by molar-refractivity contribution is -0.103. The van der Waals surface area contributed by atoms with E-state index in [2.05, 4.69) is 60.1 Å². The first-order valence-electron chi connectivity index (χ1n) is 13.5. The lowest BCUT2D eigenvalue weighted by atomic mass is 9.80. The summed E-state index contributed by atoms with van der Waals surface area (Å²) in [6.45, 7) is 5.59. The van der Waals surface area contributed by atoms with Gasteiger partial charge in [0.1, 0.15) is 11.7 Å². The predicted octanol–water partition coefficient (Wildman–Crippen LogP) is 4.15. The Morgan fingerprint density at radius 2 is 1.36 bits per heavy atom. The number of aromatic nitrogens is 2. The minimum absolute atomic E-state index is 0.0455. The van der Waals surface area contributed by atoms with E-state index >= 15 is 0 Å². The molecule has 1 aromatic heterocycles. The van der Waals surface area contributed by atoms with Crippen LogP contribution in [0.15, 0.2) is 113 Å². The van der Waals surface area contributed by atoms with Gasteiger partial charge in [-0.3, -0.25) is 19.2 Å². The minimum Gasteiger partial charge on any atom is -0.358 e. The Bertz CT molecular complexity index is 1420. The lowest BCUT2D eigenvalue weighted by Gasteiger charge is -2.37. The molecule has 0 bridgehead atoms. The second-order valence-electron chi connectivity index (χ2n) is 10.7. The van der Waals surface area contributed by atoms with Crippen molar-refractivity contribution in [3.8, 4) is 0 Å². The topological polar surface area (TPSA) is 76.3 Å². The molecule has 0 saturated carbocycles. The van der Waals surface area contributed by atoms with Crippen molar-refractivity contribution in [2.45, 2.75) is 43.9 Å². The van der Waals surface area contributed by atoms with Gasteiger partial charge in [0.15, 0.2) is 6.23 Å². The first kappa shape index (κ1) is 25.5. The molecule has 0 aliphatic carbocycles. The van der Waals surface area contributed by atoms with Crippen molar-refractivity contribution >= 4 is 0 Å². The number of nitrogens with one attached hydrogen (secondary N) is 1. The van der Waals surface area contributed by atoms with E-state index in [1.807, 2.05) is 54.6 Å². The second kappa shape index (κ2) is 10.4. The lowest BCUT2D eigenvalue weighted by Crippen LogP contribution is -2.40. The van der Waals surface area contributed by atoms with Crippen molar-refractivity contribution in [2.24, 2.45) is 5.92 Å². The van der Waals surface area contributed by atoms with Crippen molar-refractivity contribution in [2.75, 3.05) is 13.2 Å². The summed E-state index contributed by atoms with van der Waals surface area (Å²) in [5, 5.41) is 0. The molecule has 7 heteroatoms. The molecule has 39 heavy (non-hydrogen) atoms. The number of benzene rings is 3. The van der Waals surface area contributed by atoms with Crippen molar-refractivity contribution in [3.05, 3.63) is 141 Å². The highest BCUT2D eigenvalue weighted by molar-refractivity contribution is 5.47. The van der Waals surface area contributed by atoms with Crippen LogP contribution in [0.2, 0.25) is 0 Å². The van der Waals surface area contributed by atoms with Gasteiger partial charge in [-0.25, -0.2) is 4.79 Å². The second-order valence-corrected chi connectivity index (χ2v) is 10.7. The van der Waals surface area contributed by atoms with Crippen LogP contribution < -0.4 is 11.2 Å². The maximum Gasteiger partial charge on any atom is 0.330 e. The van der Waals surface area contributed by atoms with Gasteiger partial charge in [-0.2, -0.15) is 0 Å². The molecule has 2 fully saturated rings. The number of ether oxygens (including phenoxy) is 2. The monoisotopic (exact) mass is 523 g/mol. The fourth-order valence-electron chi connectivity index (χ4n) is 6.06. The normalized spacial score (nSPS) is 24.0. The van der Waals surface area contributed by atoms with Crippen LogP contribution in [0, 0.1) is 5.92 Å². The van der Waals surface area contributed by atoms with E-state index in [9.17, 15) is 9.59 Å². The fourth-order valence-corrected chi connectivity index (χ4v) is 6.06. The van der Waals surface area contributed by atoms with Gasteiger partial charge in [0, 0.05) is 18.8 Å². The summed E-state index contributed by atoms with van der Waals surface area (Å²) in [5.74, 6) is 0.460. The molecule has 6 rings (SSSR count). The van der Waals surface area contributed by atoms with Gasteiger partial charge in [-0.15, -0.1) is 0 Å². The van der Waals surface area contributed by atoms with Gasteiger partial charge in [0.2, 0.25) is 0 Å². The summed E-state index contributed by atoms with van der Waals surface area (Å²) in [6.07, 6.45) is 0.777. The Labute approximate surface area is 227 Å². The molecule has 1 N–H and O–H groups in total. The molecular formula is C32H33N3O4. The quantitative estimate of drug-likeness (QED) is 0.264. The van der Waals surface area contributed by atoms with Crippen LogP contribution in [-0.2, 0) is 15.1 Å². The number of aromatic amines is 1. The molecule has 2 aliphatic heterocycles. The van der Waals surface area contributed by atoms with E-state index in [1.54, 1.807) is 0 Å². The van der Waals surface area contributed by atoms with Gasteiger partial charge in [0.05, 0.1) is 18.7 Å². The Hall–Kier alpha value is -3.78.